The molecule has 0 spiro atoms. The van der Waals surface area contributed by atoms with Crippen molar-refractivity contribution in [3.8, 4) is 11.5 Å². The molecule has 5 nitrogen and oxygen atoms in total. The van der Waals surface area contributed by atoms with Crippen LogP contribution >= 0.6 is 0 Å². The molecule has 1 rings (SSSR count). The predicted octanol–water partition coefficient (Wildman–Crippen LogP) is 2.65. The fraction of sp³-hybridized carbons (Fsp3) is 0.471. The Bertz CT molecular complexity index is 497. The average Bonchev–Trinajstić information content (AvgIpc) is 2.51. The van der Waals surface area contributed by atoms with Gasteiger partial charge in [0.15, 0.2) is 0 Å². The van der Waals surface area contributed by atoms with E-state index in [2.05, 4.69) is 5.32 Å². The number of ether oxygens (including phenoxy) is 3. The van der Waals surface area contributed by atoms with Crippen LogP contribution in [-0.2, 0) is 9.53 Å². The number of hydrogen-bond acceptors (Lipinski definition) is 4. The molecule has 0 aliphatic rings. The Morgan fingerprint density at radius 2 is 2.05 bits per heavy atom. The third-order valence-electron chi connectivity index (χ3n) is 2.92. The first-order valence-corrected chi connectivity index (χ1v) is 7.36. The molecule has 0 aliphatic carbocycles. The molecule has 22 heavy (non-hydrogen) atoms. The summed E-state index contributed by atoms with van der Waals surface area (Å²) in [7, 11) is 3.19. The first kappa shape index (κ1) is 18.0. The molecular formula is C17H25NO4. The van der Waals surface area contributed by atoms with Crippen molar-refractivity contribution in [1.29, 1.82) is 0 Å². The van der Waals surface area contributed by atoms with Crippen molar-refractivity contribution in [1.82, 2.24) is 5.32 Å². The van der Waals surface area contributed by atoms with Crippen LogP contribution in [0, 0.1) is 0 Å². The molecule has 122 valence electrons. The molecule has 0 aromatic heterocycles. The summed E-state index contributed by atoms with van der Waals surface area (Å²) in [4.78, 5) is 11.8. The predicted molar refractivity (Wildman–Crippen MR) is 87.3 cm³/mol. The summed E-state index contributed by atoms with van der Waals surface area (Å²) in [5.74, 6) is 1.26. The van der Waals surface area contributed by atoms with E-state index in [9.17, 15) is 4.79 Å². The van der Waals surface area contributed by atoms with Crippen molar-refractivity contribution in [2.24, 2.45) is 0 Å². The van der Waals surface area contributed by atoms with Gasteiger partial charge in [0.25, 0.3) is 0 Å². The Morgan fingerprint density at radius 3 is 2.68 bits per heavy atom. The van der Waals surface area contributed by atoms with Crippen molar-refractivity contribution in [2.75, 3.05) is 27.4 Å². The Hall–Kier alpha value is -2.01. The first-order valence-electron chi connectivity index (χ1n) is 7.36. The third kappa shape index (κ3) is 6.63. The molecule has 1 amide bonds. The fourth-order valence-corrected chi connectivity index (χ4v) is 1.80. The standard InChI is InChI=1S/C17H25NO4/c1-13(2)22-11-5-10-18-17(19)9-6-14-12-15(20-3)7-8-16(14)21-4/h6-9,12-13H,5,10-11H2,1-4H3,(H,18,19)/b9-6+. The van der Waals surface area contributed by atoms with Gasteiger partial charge in [0.2, 0.25) is 5.91 Å². The van der Waals surface area contributed by atoms with Gasteiger partial charge in [-0.3, -0.25) is 4.79 Å². The lowest BCUT2D eigenvalue weighted by Crippen LogP contribution is -2.23. The maximum Gasteiger partial charge on any atom is 0.244 e. The molecule has 0 aliphatic heterocycles. The van der Waals surface area contributed by atoms with E-state index in [1.165, 1.54) is 6.08 Å². The summed E-state index contributed by atoms with van der Waals surface area (Å²) in [6, 6.07) is 5.43. The van der Waals surface area contributed by atoms with Crippen LogP contribution in [0.15, 0.2) is 24.3 Å². The highest BCUT2D eigenvalue weighted by Crippen LogP contribution is 2.24. The van der Waals surface area contributed by atoms with Gasteiger partial charge in [-0.15, -0.1) is 0 Å². The van der Waals surface area contributed by atoms with Crippen molar-refractivity contribution >= 4 is 12.0 Å². The number of carbonyl (C=O) groups is 1. The normalized spacial score (nSPS) is 11.0. The lowest BCUT2D eigenvalue weighted by molar-refractivity contribution is -0.116. The Kier molecular flexibility index (Phi) is 8.07. The summed E-state index contributed by atoms with van der Waals surface area (Å²) in [6.45, 7) is 5.21. The van der Waals surface area contributed by atoms with E-state index in [0.717, 1.165) is 12.0 Å². The van der Waals surface area contributed by atoms with Gasteiger partial charge < -0.3 is 19.5 Å². The molecule has 0 saturated heterocycles. The van der Waals surface area contributed by atoms with Crippen molar-refractivity contribution < 1.29 is 19.0 Å². The minimum absolute atomic E-state index is 0.144. The molecule has 0 bridgehead atoms. The van der Waals surface area contributed by atoms with Gasteiger partial charge in [0.05, 0.1) is 20.3 Å². The molecule has 1 N–H and O–H groups in total. The van der Waals surface area contributed by atoms with Crippen molar-refractivity contribution in [3.05, 3.63) is 29.8 Å². The number of amides is 1. The van der Waals surface area contributed by atoms with Crippen molar-refractivity contribution in [3.63, 3.8) is 0 Å². The molecule has 0 unspecified atom stereocenters. The van der Waals surface area contributed by atoms with E-state index in [-0.39, 0.29) is 12.0 Å². The van der Waals surface area contributed by atoms with Gasteiger partial charge in [0, 0.05) is 24.8 Å². The van der Waals surface area contributed by atoms with E-state index in [1.807, 2.05) is 26.0 Å². The number of carbonyl (C=O) groups excluding carboxylic acids is 1. The summed E-state index contributed by atoms with van der Waals surface area (Å²) in [5, 5.41) is 2.81. The molecule has 0 fully saturated rings. The molecule has 5 heteroatoms. The molecule has 0 saturated carbocycles. The molecule has 0 radical (unpaired) electrons. The Balaban J connectivity index is 2.48. The number of hydrogen-bond donors (Lipinski definition) is 1. The van der Waals surface area contributed by atoms with Crippen LogP contribution < -0.4 is 14.8 Å². The largest absolute Gasteiger partial charge is 0.497 e. The van der Waals surface area contributed by atoms with Crippen LogP contribution in [0.4, 0.5) is 0 Å². The minimum Gasteiger partial charge on any atom is -0.497 e. The van der Waals surface area contributed by atoms with E-state index in [4.69, 9.17) is 14.2 Å². The van der Waals surface area contributed by atoms with Crippen molar-refractivity contribution in [2.45, 2.75) is 26.4 Å². The van der Waals surface area contributed by atoms with Crippen LogP contribution in [0.1, 0.15) is 25.8 Å². The van der Waals surface area contributed by atoms with Crippen LogP contribution in [-0.4, -0.2) is 39.4 Å². The highest BCUT2D eigenvalue weighted by molar-refractivity contribution is 5.92. The van der Waals surface area contributed by atoms with Gasteiger partial charge in [-0.2, -0.15) is 0 Å². The Labute approximate surface area is 132 Å². The maximum absolute atomic E-state index is 11.8. The van der Waals surface area contributed by atoms with Gasteiger partial charge in [0.1, 0.15) is 11.5 Å². The zero-order valence-electron chi connectivity index (χ0n) is 13.7. The first-order chi connectivity index (χ1) is 10.6. The highest BCUT2D eigenvalue weighted by atomic mass is 16.5. The number of methoxy groups -OCH3 is 2. The SMILES string of the molecule is COc1ccc(OC)c(/C=C/C(=O)NCCCOC(C)C)c1. The topological polar surface area (TPSA) is 56.8 Å². The average molecular weight is 307 g/mol. The van der Waals surface area contributed by atoms with Gasteiger partial charge in [-0.1, -0.05) is 0 Å². The number of benzene rings is 1. The highest BCUT2D eigenvalue weighted by Gasteiger charge is 2.03. The van der Waals surface area contributed by atoms with Crippen LogP contribution in [0.5, 0.6) is 11.5 Å². The Morgan fingerprint density at radius 1 is 1.27 bits per heavy atom. The van der Waals surface area contributed by atoms with Gasteiger partial charge >= 0.3 is 0 Å². The molecule has 1 aromatic rings. The fourth-order valence-electron chi connectivity index (χ4n) is 1.80. The molecular weight excluding hydrogens is 282 g/mol. The van der Waals surface area contributed by atoms with Crippen LogP contribution in [0.2, 0.25) is 0 Å². The second-order valence-electron chi connectivity index (χ2n) is 5.01. The van der Waals surface area contributed by atoms with Crippen LogP contribution in [0.25, 0.3) is 6.08 Å². The second kappa shape index (κ2) is 9.84. The zero-order valence-corrected chi connectivity index (χ0v) is 13.7. The maximum atomic E-state index is 11.8. The third-order valence-corrected chi connectivity index (χ3v) is 2.92. The monoisotopic (exact) mass is 307 g/mol. The zero-order chi connectivity index (χ0) is 16.4. The van der Waals surface area contributed by atoms with E-state index in [1.54, 1.807) is 26.4 Å². The number of rotatable bonds is 9. The molecule has 0 heterocycles. The van der Waals surface area contributed by atoms with Gasteiger partial charge in [-0.25, -0.2) is 0 Å². The van der Waals surface area contributed by atoms with E-state index >= 15 is 0 Å². The summed E-state index contributed by atoms with van der Waals surface area (Å²) < 4.78 is 15.8. The second-order valence-corrected chi connectivity index (χ2v) is 5.01. The minimum atomic E-state index is -0.144. The summed E-state index contributed by atoms with van der Waals surface area (Å²) in [5.41, 5.74) is 0.792. The van der Waals surface area contributed by atoms with Gasteiger partial charge in [-0.05, 0) is 44.5 Å². The lowest BCUT2D eigenvalue weighted by Gasteiger charge is -2.08. The smallest absolute Gasteiger partial charge is 0.244 e. The molecule has 1 aromatic carbocycles. The van der Waals surface area contributed by atoms with E-state index in [0.29, 0.717) is 24.7 Å². The number of nitrogens with one attached hydrogen (secondary N) is 1. The summed E-state index contributed by atoms with van der Waals surface area (Å²) in [6.07, 6.45) is 4.21. The lowest BCUT2D eigenvalue weighted by atomic mass is 10.1. The molecule has 0 atom stereocenters. The van der Waals surface area contributed by atoms with E-state index < -0.39 is 0 Å². The summed E-state index contributed by atoms with van der Waals surface area (Å²) >= 11 is 0. The quantitative estimate of drug-likeness (QED) is 0.563. The van der Waals surface area contributed by atoms with Crippen LogP contribution in [0.3, 0.4) is 0 Å².